The molecule has 4 heteroatoms. The van der Waals surface area contributed by atoms with Crippen LogP contribution in [0.3, 0.4) is 0 Å². The van der Waals surface area contributed by atoms with Crippen molar-refractivity contribution < 1.29 is 8.42 Å². The predicted octanol–water partition coefficient (Wildman–Crippen LogP) is 6.35. The van der Waals surface area contributed by atoms with Crippen LogP contribution in [0.25, 0.3) is 0 Å². The number of benzene rings is 3. The van der Waals surface area contributed by atoms with E-state index in [9.17, 15) is 8.42 Å². The van der Waals surface area contributed by atoms with Gasteiger partial charge in [-0.1, -0.05) is 104 Å². The smallest absolute Gasteiger partial charge is 0.207 e. The van der Waals surface area contributed by atoms with Crippen LogP contribution in [-0.4, -0.2) is 25.3 Å². The summed E-state index contributed by atoms with van der Waals surface area (Å²) >= 11 is 0. The maximum atomic E-state index is 14.0. The first-order chi connectivity index (χ1) is 15.7. The van der Waals surface area contributed by atoms with E-state index < -0.39 is 15.4 Å². The second kappa shape index (κ2) is 9.28. The van der Waals surface area contributed by atoms with Crippen LogP contribution >= 0.6 is 0 Å². The largest absolute Gasteiger partial charge is 0.243 e. The molecule has 0 saturated carbocycles. The van der Waals surface area contributed by atoms with E-state index in [1.165, 1.54) is 5.57 Å². The zero-order valence-corrected chi connectivity index (χ0v) is 20.7. The van der Waals surface area contributed by atoms with Gasteiger partial charge in [-0.3, -0.25) is 0 Å². The van der Waals surface area contributed by atoms with Crippen LogP contribution in [-0.2, 0) is 15.4 Å². The molecule has 0 amide bonds. The number of allylic oxidation sites excluding steroid dienone is 1. The van der Waals surface area contributed by atoms with Crippen LogP contribution in [0.2, 0.25) is 0 Å². The van der Waals surface area contributed by atoms with Crippen LogP contribution in [0.15, 0.2) is 101 Å². The van der Waals surface area contributed by atoms with E-state index in [2.05, 4.69) is 51.1 Å². The monoisotopic (exact) mass is 459 g/mol. The van der Waals surface area contributed by atoms with Crippen molar-refractivity contribution in [3.63, 3.8) is 0 Å². The van der Waals surface area contributed by atoms with Crippen LogP contribution in [0, 0.1) is 12.8 Å². The van der Waals surface area contributed by atoms with Crippen molar-refractivity contribution in [1.29, 1.82) is 0 Å². The lowest BCUT2D eigenvalue weighted by atomic mass is 9.73. The molecule has 1 saturated heterocycles. The highest BCUT2D eigenvalue weighted by Gasteiger charge is 2.50. The summed E-state index contributed by atoms with van der Waals surface area (Å²) in [5.74, 6) is 0.359. The number of hydrogen-bond acceptors (Lipinski definition) is 2. The molecule has 33 heavy (non-hydrogen) atoms. The van der Waals surface area contributed by atoms with Gasteiger partial charge in [0.2, 0.25) is 10.0 Å². The summed E-state index contributed by atoms with van der Waals surface area (Å²) in [7, 11) is -3.67. The molecule has 0 aliphatic carbocycles. The third-order valence-corrected chi connectivity index (χ3v) is 8.88. The Balaban J connectivity index is 1.89. The first kappa shape index (κ1) is 23.5. The number of aryl methyl sites for hydroxylation is 1. The Morgan fingerprint density at radius 1 is 0.909 bits per heavy atom. The van der Waals surface area contributed by atoms with Gasteiger partial charge in [-0.2, -0.15) is 4.31 Å². The zero-order chi connectivity index (χ0) is 23.6. The standard InChI is InChI=1S/C29H33NO2S/c1-22(2)24(4)19-27-20-29(25-11-7-5-8-12-25,26-13-9-6-10-14-26)21-30(27)33(31,32)28-17-15-23(3)16-18-28/h5-19,22,27H,20-21H2,1-4H3/b24-19+/t27-/m0/s1. The maximum absolute atomic E-state index is 14.0. The lowest BCUT2D eigenvalue weighted by molar-refractivity contribution is 0.421. The van der Waals surface area contributed by atoms with E-state index in [-0.39, 0.29) is 6.04 Å². The lowest BCUT2D eigenvalue weighted by Gasteiger charge is -2.30. The summed E-state index contributed by atoms with van der Waals surface area (Å²) < 4.78 is 29.6. The summed E-state index contributed by atoms with van der Waals surface area (Å²) in [6, 6.07) is 27.7. The Morgan fingerprint density at radius 3 is 1.91 bits per heavy atom. The maximum Gasteiger partial charge on any atom is 0.243 e. The average molecular weight is 460 g/mol. The van der Waals surface area contributed by atoms with Gasteiger partial charge in [-0.05, 0) is 49.4 Å². The Labute approximate surface area is 198 Å². The Kier molecular flexibility index (Phi) is 6.60. The molecule has 3 aromatic carbocycles. The molecule has 1 aliphatic heterocycles. The van der Waals surface area contributed by atoms with Crippen molar-refractivity contribution >= 4 is 10.0 Å². The minimum atomic E-state index is -3.67. The topological polar surface area (TPSA) is 37.4 Å². The van der Waals surface area contributed by atoms with Crippen molar-refractivity contribution in [2.75, 3.05) is 6.54 Å². The van der Waals surface area contributed by atoms with Crippen molar-refractivity contribution in [1.82, 2.24) is 4.31 Å². The van der Waals surface area contributed by atoms with Gasteiger partial charge in [0.1, 0.15) is 0 Å². The molecule has 1 fully saturated rings. The summed E-state index contributed by atoms with van der Waals surface area (Å²) in [6.45, 7) is 8.79. The first-order valence-electron chi connectivity index (χ1n) is 11.6. The van der Waals surface area contributed by atoms with Crippen LogP contribution in [0.5, 0.6) is 0 Å². The lowest BCUT2D eigenvalue weighted by Crippen LogP contribution is -2.37. The molecule has 0 N–H and O–H groups in total. The van der Waals surface area contributed by atoms with E-state index in [1.54, 1.807) is 16.4 Å². The molecule has 1 heterocycles. The van der Waals surface area contributed by atoms with Crippen molar-refractivity contribution in [3.05, 3.63) is 113 Å². The number of nitrogens with zero attached hydrogens (tertiary/aromatic N) is 1. The number of sulfonamides is 1. The molecule has 0 radical (unpaired) electrons. The summed E-state index contributed by atoms with van der Waals surface area (Å²) in [5.41, 5.74) is 4.14. The summed E-state index contributed by atoms with van der Waals surface area (Å²) in [5, 5.41) is 0. The Hall–Kier alpha value is -2.69. The van der Waals surface area contributed by atoms with Crippen LogP contribution < -0.4 is 0 Å². The summed E-state index contributed by atoms with van der Waals surface area (Å²) in [6.07, 6.45) is 2.88. The fraction of sp³-hybridized carbons (Fsp3) is 0.310. The molecular formula is C29H33NO2S. The van der Waals surface area contributed by atoms with Crippen molar-refractivity contribution in [2.45, 2.75) is 50.5 Å². The highest BCUT2D eigenvalue weighted by Crippen LogP contribution is 2.46. The quantitative estimate of drug-likeness (QED) is 0.403. The van der Waals surface area contributed by atoms with Crippen LogP contribution in [0.4, 0.5) is 0 Å². The number of hydrogen-bond donors (Lipinski definition) is 0. The SMILES string of the molecule is C/C(=C\[C@H]1CC(c2ccccc2)(c2ccccc2)CN1S(=O)(=O)c1ccc(C)cc1)C(C)C. The molecule has 0 unspecified atom stereocenters. The van der Waals surface area contributed by atoms with Crippen LogP contribution in [0.1, 0.15) is 43.9 Å². The van der Waals surface area contributed by atoms with E-state index in [4.69, 9.17) is 0 Å². The molecule has 1 aliphatic rings. The zero-order valence-electron chi connectivity index (χ0n) is 19.9. The van der Waals surface area contributed by atoms with Gasteiger partial charge in [0.15, 0.2) is 0 Å². The van der Waals surface area contributed by atoms with Gasteiger partial charge in [-0.25, -0.2) is 8.42 Å². The van der Waals surface area contributed by atoms with Gasteiger partial charge in [0.05, 0.1) is 4.90 Å². The molecule has 0 spiro atoms. The molecule has 172 valence electrons. The van der Waals surface area contributed by atoms with Gasteiger partial charge < -0.3 is 0 Å². The second-order valence-electron chi connectivity index (χ2n) is 9.51. The third-order valence-electron chi connectivity index (χ3n) is 7.00. The minimum Gasteiger partial charge on any atom is -0.207 e. The Morgan fingerprint density at radius 2 is 1.42 bits per heavy atom. The molecule has 3 aromatic rings. The van der Waals surface area contributed by atoms with Gasteiger partial charge in [-0.15, -0.1) is 0 Å². The normalized spacial score (nSPS) is 19.2. The Bertz CT molecular complexity index is 1170. The van der Waals surface area contributed by atoms with E-state index in [1.807, 2.05) is 55.5 Å². The van der Waals surface area contributed by atoms with E-state index in [0.717, 1.165) is 16.7 Å². The predicted molar refractivity (Wildman–Crippen MR) is 136 cm³/mol. The fourth-order valence-electron chi connectivity index (χ4n) is 4.75. The van der Waals surface area contributed by atoms with E-state index in [0.29, 0.717) is 23.8 Å². The molecule has 3 nitrogen and oxygen atoms in total. The number of rotatable bonds is 6. The highest BCUT2D eigenvalue weighted by atomic mass is 32.2. The molecule has 4 rings (SSSR count). The fourth-order valence-corrected chi connectivity index (χ4v) is 6.39. The molecule has 0 bridgehead atoms. The van der Waals surface area contributed by atoms with Gasteiger partial charge in [0, 0.05) is 18.0 Å². The van der Waals surface area contributed by atoms with E-state index >= 15 is 0 Å². The average Bonchev–Trinajstić information content (AvgIpc) is 3.22. The van der Waals surface area contributed by atoms with Crippen molar-refractivity contribution in [2.24, 2.45) is 5.92 Å². The third kappa shape index (κ3) is 4.55. The highest BCUT2D eigenvalue weighted by molar-refractivity contribution is 7.89. The van der Waals surface area contributed by atoms with Gasteiger partial charge in [0.25, 0.3) is 0 Å². The second-order valence-corrected chi connectivity index (χ2v) is 11.4. The summed E-state index contributed by atoms with van der Waals surface area (Å²) in [4.78, 5) is 0.352. The van der Waals surface area contributed by atoms with Crippen molar-refractivity contribution in [3.8, 4) is 0 Å². The first-order valence-corrected chi connectivity index (χ1v) is 13.1. The molecule has 0 aromatic heterocycles. The minimum absolute atomic E-state index is 0.223. The van der Waals surface area contributed by atoms with Gasteiger partial charge >= 0.3 is 0 Å². The molecule has 1 atom stereocenters. The molecular weight excluding hydrogens is 426 g/mol.